The molecule has 0 bridgehead atoms. The maximum atomic E-state index is 11.9. The van der Waals surface area contributed by atoms with Gasteiger partial charge in [0.2, 0.25) is 11.5 Å². The Labute approximate surface area is 138 Å². The number of sulfone groups is 1. The Kier molecular flexibility index (Phi) is 6.59. The molecule has 0 spiro atoms. The van der Waals surface area contributed by atoms with Crippen LogP contribution in [0.2, 0.25) is 0 Å². The van der Waals surface area contributed by atoms with E-state index in [0.717, 1.165) is 20.5 Å². The van der Waals surface area contributed by atoms with Crippen molar-refractivity contribution in [3.8, 4) is 0 Å². The van der Waals surface area contributed by atoms with Crippen molar-refractivity contribution in [2.45, 2.75) is 11.3 Å². The first-order valence-electron chi connectivity index (χ1n) is 6.51. The van der Waals surface area contributed by atoms with Gasteiger partial charge >= 0.3 is 11.9 Å². The van der Waals surface area contributed by atoms with E-state index in [1.807, 2.05) is 0 Å². The summed E-state index contributed by atoms with van der Waals surface area (Å²) in [6, 6.07) is 5.47. The zero-order chi connectivity index (χ0) is 18.3. The molecule has 0 amide bonds. The number of Topliss-reactive ketones (excluding diaryl/α,β-unsaturated/α-hetero) is 1. The van der Waals surface area contributed by atoms with Gasteiger partial charge in [0.25, 0.3) is 0 Å². The number of methoxy groups -OCH3 is 2. The predicted octanol–water partition coefficient (Wildman–Crippen LogP) is 0.163. The Morgan fingerprint density at radius 1 is 1.08 bits per heavy atom. The van der Waals surface area contributed by atoms with E-state index in [1.165, 1.54) is 24.3 Å². The second-order valence-corrected chi connectivity index (χ2v) is 6.55. The largest absolute Gasteiger partial charge is 0.469 e. The van der Waals surface area contributed by atoms with E-state index in [2.05, 4.69) is 20.0 Å². The topological polar surface area (TPSA) is 128 Å². The molecule has 1 rings (SSSR count). The molecule has 1 N–H and O–H groups in total. The molecule has 0 saturated carbocycles. The van der Waals surface area contributed by atoms with Gasteiger partial charge < -0.3 is 9.47 Å². The van der Waals surface area contributed by atoms with Crippen LogP contribution in [0.4, 0.5) is 5.69 Å². The highest BCUT2D eigenvalue weighted by Gasteiger charge is 2.24. The Morgan fingerprint density at radius 3 is 2.12 bits per heavy atom. The van der Waals surface area contributed by atoms with Crippen LogP contribution in [0.15, 0.2) is 34.3 Å². The van der Waals surface area contributed by atoms with Gasteiger partial charge in [-0.1, -0.05) is 0 Å². The zero-order valence-electron chi connectivity index (χ0n) is 13.2. The monoisotopic (exact) mass is 356 g/mol. The quantitative estimate of drug-likeness (QED) is 0.317. The first-order valence-corrected chi connectivity index (χ1v) is 8.40. The van der Waals surface area contributed by atoms with Gasteiger partial charge in [-0.15, -0.1) is 0 Å². The number of esters is 2. The van der Waals surface area contributed by atoms with Gasteiger partial charge in [0.15, 0.2) is 9.84 Å². The highest BCUT2D eigenvalue weighted by atomic mass is 32.2. The molecule has 0 radical (unpaired) electrons. The van der Waals surface area contributed by atoms with Crippen LogP contribution in [0.25, 0.3) is 0 Å². The predicted molar refractivity (Wildman–Crippen MR) is 84.3 cm³/mol. The molecule has 9 nitrogen and oxygen atoms in total. The number of rotatable bonds is 7. The molecule has 0 aliphatic carbocycles. The van der Waals surface area contributed by atoms with Crippen LogP contribution in [0.3, 0.4) is 0 Å². The van der Waals surface area contributed by atoms with Crippen LogP contribution >= 0.6 is 0 Å². The van der Waals surface area contributed by atoms with Crippen molar-refractivity contribution in [2.75, 3.05) is 25.9 Å². The van der Waals surface area contributed by atoms with Crippen LogP contribution in [0, 0.1) is 0 Å². The molecule has 0 saturated heterocycles. The number of ketones is 1. The molecule has 24 heavy (non-hydrogen) atoms. The van der Waals surface area contributed by atoms with E-state index >= 15 is 0 Å². The number of benzene rings is 1. The standard InChI is InChI=1S/C14H16N2O7S/c1-22-12(18)8-11(17)13(14(19)23-2)16-15-9-4-6-10(7-5-9)24(3,20)21/h4-7,15H,8H2,1-3H3/b16-13+. The van der Waals surface area contributed by atoms with Gasteiger partial charge in [-0.05, 0) is 24.3 Å². The maximum Gasteiger partial charge on any atom is 0.362 e. The number of hydrazone groups is 1. The molecule has 0 unspecified atom stereocenters. The third kappa shape index (κ3) is 5.47. The lowest BCUT2D eigenvalue weighted by Gasteiger charge is -2.06. The average Bonchev–Trinajstić information content (AvgIpc) is 2.54. The highest BCUT2D eigenvalue weighted by molar-refractivity contribution is 7.90. The summed E-state index contributed by atoms with van der Waals surface area (Å²) < 4.78 is 31.5. The summed E-state index contributed by atoms with van der Waals surface area (Å²) in [5.41, 5.74) is 2.14. The molecule has 10 heteroatoms. The van der Waals surface area contributed by atoms with Crippen molar-refractivity contribution in [1.82, 2.24) is 0 Å². The van der Waals surface area contributed by atoms with E-state index < -0.39 is 39.7 Å². The van der Waals surface area contributed by atoms with Crippen molar-refractivity contribution >= 4 is 39.0 Å². The normalized spacial score (nSPS) is 11.5. The smallest absolute Gasteiger partial charge is 0.362 e. The van der Waals surface area contributed by atoms with Crippen LogP contribution in [-0.2, 0) is 33.7 Å². The summed E-state index contributed by atoms with van der Waals surface area (Å²) in [6.45, 7) is 0. The molecule has 0 heterocycles. The third-order valence-corrected chi connectivity index (χ3v) is 3.88. The molecule has 1 aromatic carbocycles. The minimum absolute atomic E-state index is 0.104. The lowest BCUT2D eigenvalue weighted by molar-refractivity contribution is -0.142. The fourth-order valence-electron chi connectivity index (χ4n) is 1.50. The van der Waals surface area contributed by atoms with Crippen molar-refractivity contribution in [2.24, 2.45) is 5.10 Å². The zero-order valence-corrected chi connectivity index (χ0v) is 14.0. The second kappa shape index (κ2) is 8.20. The van der Waals surface area contributed by atoms with Crippen molar-refractivity contribution in [1.29, 1.82) is 0 Å². The molecular formula is C14H16N2O7S. The van der Waals surface area contributed by atoms with Crippen LogP contribution in [0.5, 0.6) is 0 Å². The summed E-state index contributed by atoms with van der Waals surface area (Å²) in [5.74, 6) is -2.73. The lowest BCUT2D eigenvalue weighted by Crippen LogP contribution is -2.28. The summed E-state index contributed by atoms with van der Waals surface area (Å²) >= 11 is 0. The van der Waals surface area contributed by atoms with Gasteiger partial charge in [0.05, 0.1) is 24.8 Å². The second-order valence-electron chi connectivity index (χ2n) is 4.54. The number of nitrogens with one attached hydrogen (secondary N) is 1. The fraction of sp³-hybridized carbons (Fsp3) is 0.286. The summed E-state index contributed by atoms with van der Waals surface area (Å²) in [7, 11) is -1.18. The molecular weight excluding hydrogens is 340 g/mol. The van der Waals surface area contributed by atoms with E-state index in [9.17, 15) is 22.8 Å². The van der Waals surface area contributed by atoms with Crippen LogP contribution < -0.4 is 5.43 Å². The van der Waals surface area contributed by atoms with Crippen LogP contribution in [-0.4, -0.2) is 52.3 Å². The number of carbonyl (C=O) groups is 3. The molecule has 0 atom stereocenters. The first kappa shape index (κ1) is 19.3. The van der Waals surface area contributed by atoms with Crippen molar-refractivity contribution < 1.29 is 32.3 Å². The Bertz CT molecular complexity index is 767. The Hall–Kier alpha value is -2.75. The highest BCUT2D eigenvalue weighted by Crippen LogP contribution is 2.14. The fourth-order valence-corrected chi connectivity index (χ4v) is 2.13. The third-order valence-electron chi connectivity index (χ3n) is 2.75. The minimum Gasteiger partial charge on any atom is -0.469 e. The minimum atomic E-state index is -3.34. The Morgan fingerprint density at radius 2 is 1.67 bits per heavy atom. The number of carbonyl (C=O) groups excluding carboxylic acids is 3. The van der Waals surface area contributed by atoms with Gasteiger partial charge in [-0.3, -0.25) is 15.0 Å². The molecule has 0 aliphatic heterocycles. The average molecular weight is 356 g/mol. The number of hydrogen-bond donors (Lipinski definition) is 1. The van der Waals surface area contributed by atoms with E-state index in [1.54, 1.807) is 0 Å². The van der Waals surface area contributed by atoms with E-state index in [-0.39, 0.29) is 4.90 Å². The number of nitrogens with zero attached hydrogens (tertiary/aromatic N) is 1. The molecule has 0 aromatic heterocycles. The Balaban J connectivity index is 2.97. The van der Waals surface area contributed by atoms with E-state index in [4.69, 9.17) is 0 Å². The molecule has 1 aromatic rings. The summed E-state index contributed by atoms with van der Waals surface area (Å²) in [5, 5.41) is 3.63. The molecule has 0 aliphatic rings. The van der Waals surface area contributed by atoms with Crippen molar-refractivity contribution in [3.63, 3.8) is 0 Å². The van der Waals surface area contributed by atoms with Gasteiger partial charge in [0, 0.05) is 6.26 Å². The lowest BCUT2D eigenvalue weighted by atomic mass is 10.2. The number of ether oxygens (including phenoxy) is 2. The summed E-state index contributed by atoms with van der Waals surface area (Å²) in [6.07, 6.45) is 0.396. The molecule has 130 valence electrons. The summed E-state index contributed by atoms with van der Waals surface area (Å²) in [4.78, 5) is 34.7. The van der Waals surface area contributed by atoms with Gasteiger partial charge in [-0.25, -0.2) is 13.2 Å². The van der Waals surface area contributed by atoms with E-state index in [0.29, 0.717) is 5.69 Å². The maximum absolute atomic E-state index is 11.9. The number of anilines is 1. The molecule has 0 fully saturated rings. The SMILES string of the molecule is COC(=O)CC(=O)/C(=N\Nc1ccc(S(C)(=O)=O)cc1)C(=O)OC. The van der Waals surface area contributed by atoms with Gasteiger partial charge in [0.1, 0.15) is 6.42 Å². The van der Waals surface area contributed by atoms with Crippen molar-refractivity contribution in [3.05, 3.63) is 24.3 Å². The van der Waals surface area contributed by atoms with Crippen LogP contribution in [0.1, 0.15) is 6.42 Å². The number of hydrogen-bond acceptors (Lipinski definition) is 9. The van der Waals surface area contributed by atoms with Gasteiger partial charge in [-0.2, -0.15) is 5.10 Å². The first-order chi connectivity index (χ1) is 11.2.